The Kier molecular flexibility index (Phi) is 2.53. The quantitative estimate of drug-likeness (QED) is 0.776. The number of aromatic carboxylic acids is 1. The number of carboxylic acids is 1. The predicted molar refractivity (Wildman–Crippen MR) is 65.9 cm³/mol. The second-order valence-corrected chi connectivity index (χ2v) is 4.55. The molecule has 1 saturated heterocycles. The highest BCUT2D eigenvalue weighted by Crippen LogP contribution is 2.26. The van der Waals surface area contributed by atoms with Gasteiger partial charge in [-0.3, -0.25) is 14.5 Å². The highest BCUT2D eigenvalue weighted by Gasteiger charge is 2.38. The van der Waals surface area contributed by atoms with Crippen LogP contribution in [0.1, 0.15) is 22.8 Å². The van der Waals surface area contributed by atoms with E-state index in [0.29, 0.717) is 11.0 Å². The number of carboxylic acid groups (broad SMARTS) is 1. The summed E-state index contributed by atoms with van der Waals surface area (Å²) in [5.41, 5.74) is 0.974. The number of fused-ring (bicyclic) bond motifs is 1. The Bertz CT molecular complexity index is 751. The lowest BCUT2D eigenvalue weighted by Crippen LogP contribution is -2.27. The minimum atomic E-state index is -1.08. The van der Waals surface area contributed by atoms with E-state index in [1.165, 1.54) is 29.9 Å². The van der Waals surface area contributed by atoms with Gasteiger partial charge < -0.3 is 5.11 Å². The number of amides is 2. The van der Waals surface area contributed by atoms with Gasteiger partial charge in [-0.1, -0.05) is 5.21 Å². The van der Waals surface area contributed by atoms with Crippen molar-refractivity contribution in [2.75, 3.05) is 7.05 Å². The van der Waals surface area contributed by atoms with Crippen LogP contribution >= 0.6 is 0 Å². The third kappa shape index (κ3) is 1.65. The smallest absolute Gasteiger partial charge is 0.335 e. The molecular weight excluding hydrogens is 264 g/mol. The Balaban J connectivity index is 2.12. The van der Waals surface area contributed by atoms with E-state index in [1.54, 1.807) is 0 Å². The van der Waals surface area contributed by atoms with Crippen molar-refractivity contribution in [3.05, 3.63) is 23.8 Å². The molecule has 1 aromatic heterocycles. The molecule has 1 aliphatic rings. The maximum Gasteiger partial charge on any atom is 0.335 e. The van der Waals surface area contributed by atoms with E-state index in [-0.39, 0.29) is 23.8 Å². The van der Waals surface area contributed by atoms with Crippen LogP contribution in [0.15, 0.2) is 18.2 Å². The molecule has 8 heteroatoms. The lowest BCUT2D eigenvalue weighted by atomic mass is 10.2. The van der Waals surface area contributed by atoms with Crippen molar-refractivity contribution in [3.63, 3.8) is 0 Å². The molecular formula is C12H10N4O4. The minimum absolute atomic E-state index is 0.00505. The molecule has 20 heavy (non-hydrogen) atoms. The first-order valence-corrected chi connectivity index (χ1v) is 5.87. The number of nitrogens with zero attached hydrogens (tertiary/aromatic N) is 4. The number of carbonyl (C=O) groups is 3. The first kappa shape index (κ1) is 12.3. The number of hydrogen-bond donors (Lipinski definition) is 1. The van der Waals surface area contributed by atoms with Gasteiger partial charge >= 0.3 is 5.97 Å². The number of hydrogen-bond acceptors (Lipinski definition) is 5. The fourth-order valence-electron chi connectivity index (χ4n) is 2.23. The molecule has 0 saturated carbocycles. The number of imide groups is 1. The summed E-state index contributed by atoms with van der Waals surface area (Å²) in [5.74, 6) is -1.74. The van der Waals surface area contributed by atoms with Gasteiger partial charge in [-0.25, -0.2) is 9.48 Å². The Morgan fingerprint density at radius 3 is 2.75 bits per heavy atom. The average Bonchev–Trinajstić information content (AvgIpc) is 2.94. The van der Waals surface area contributed by atoms with Gasteiger partial charge in [-0.2, -0.15) is 0 Å². The Hall–Kier alpha value is -2.77. The summed E-state index contributed by atoms with van der Waals surface area (Å²) in [6.45, 7) is 0. The summed E-state index contributed by atoms with van der Waals surface area (Å²) in [4.78, 5) is 35.6. The van der Waals surface area contributed by atoms with Crippen molar-refractivity contribution < 1.29 is 19.5 Å². The molecule has 3 rings (SSSR count). The summed E-state index contributed by atoms with van der Waals surface area (Å²) < 4.78 is 1.31. The minimum Gasteiger partial charge on any atom is -0.478 e. The largest absolute Gasteiger partial charge is 0.478 e. The van der Waals surface area contributed by atoms with Gasteiger partial charge in [-0.15, -0.1) is 5.10 Å². The van der Waals surface area contributed by atoms with Gasteiger partial charge in [0.15, 0.2) is 0 Å². The summed E-state index contributed by atoms with van der Waals surface area (Å²) >= 11 is 0. The highest BCUT2D eigenvalue weighted by atomic mass is 16.4. The maximum absolute atomic E-state index is 12.0. The molecule has 1 aliphatic heterocycles. The monoisotopic (exact) mass is 274 g/mol. The number of likely N-dealkylation sites (N-methyl/N-ethyl adjacent to an activating group) is 1. The van der Waals surface area contributed by atoms with Crippen molar-refractivity contribution in [3.8, 4) is 0 Å². The van der Waals surface area contributed by atoms with E-state index in [9.17, 15) is 14.4 Å². The molecule has 1 N–H and O–H groups in total. The van der Waals surface area contributed by atoms with E-state index < -0.39 is 12.0 Å². The van der Waals surface area contributed by atoms with Crippen LogP contribution in [0.25, 0.3) is 11.0 Å². The SMILES string of the molecule is CN1C(=O)CC(n2nnc3ccc(C(=O)O)cc32)C1=O. The highest BCUT2D eigenvalue weighted by molar-refractivity contribution is 6.04. The molecule has 1 aromatic carbocycles. The molecule has 102 valence electrons. The van der Waals surface area contributed by atoms with E-state index in [1.807, 2.05) is 0 Å². The topological polar surface area (TPSA) is 105 Å². The molecule has 2 amide bonds. The maximum atomic E-state index is 12.0. The van der Waals surface area contributed by atoms with Gasteiger partial charge in [-0.05, 0) is 18.2 Å². The van der Waals surface area contributed by atoms with Gasteiger partial charge in [0.25, 0.3) is 5.91 Å². The predicted octanol–water partition coefficient (Wildman–Crippen LogP) is 0.0593. The fourth-order valence-corrected chi connectivity index (χ4v) is 2.23. The molecule has 1 fully saturated rings. The normalized spacial score (nSPS) is 19.1. The fraction of sp³-hybridized carbons (Fsp3) is 0.250. The Morgan fingerprint density at radius 2 is 2.15 bits per heavy atom. The summed E-state index contributed by atoms with van der Waals surface area (Å²) in [6.07, 6.45) is 0.00505. The Morgan fingerprint density at radius 1 is 1.40 bits per heavy atom. The molecule has 2 aromatic rings. The molecule has 1 atom stereocenters. The standard InChI is InChI=1S/C12H10N4O4/c1-15-10(17)5-9(11(15)18)16-8-4-6(12(19)20)2-3-7(8)13-14-16/h2-4,9H,5H2,1H3,(H,19,20). The van der Waals surface area contributed by atoms with Crippen LogP contribution in [0, 0.1) is 0 Å². The number of carbonyl (C=O) groups excluding carboxylic acids is 2. The third-order valence-corrected chi connectivity index (χ3v) is 3.37. The molecule has 0 spiro atoms. The van der Waals surface area contributed by atoms with Crippen LogP contribution in [-0.4, -0.2) is 49.8 Å². The van der Waals surface area contributed by atoms with Gasteiger partial charge in [0.2, 0.25) is 5.91 Å². The van der Waals surface area contributed by atoms with E-state index in [4.69, 9.17) is 5.11 Å². The molecule has 0 aliphatic carbocycles. The lowest BCUT2D eigenvalue weighted by molar-refractivity contribution is -0.137. The van der Waals surface area contributed by atoms with Crippen molar-refractivity contribution in [1.29, 1.82) is 0 Å². The van der Waals surface area contributed by atoms with E-state index in [0.717, 1.165) is 4.90 Å². The second-order valence-electron chi connectivity index (χ2n) is 4.55. The van der Waals surface area contributed by atoms with Gasteiger partial charge in [0, 0.05) is 7.05 Å². The average molecular weight is 274 g/mol. The second kappa shape index (κ2) is 4.12. The summed E-state index contributed by atoms with van der Waals surface area (Å²) in [6, 6.07) is 3.57. The molecule has 0 radical (unpaired) electrons. The van der Waals surface area contributed by atoms with Crippen molar-refractivity contribution in [2.24, 2.45) is 0 Å². The number of benzene rings is 1. The van der Waals surface area contributed by atoms with Crippen molar-refractivity contribution in [2.45, 2.75) is 12.5 Å². The first-order valence-electron chi connectivity index (χ1n) is 5.87. The summed E-state index contributed by atoms with van der Waals surface area (Å²) in [5, 5.41) is 16.8. The zero-order valence-corrected chi connectivity index (χ0v) is 10.5. The van der Waals surface area contributed by atoms with Crippen molar-refractivity contribution in [1.82, 2.24) is 19.9 Å². The lowest BCUT2D eigenvalue weighted by Gasteiger charge is -2.09. The van der Waals surface area contributed by atoms with E-state index >= 15 is 0 Å². The molecule has 2 heterocycles. The summed E-state index contributed by atoms with van der Waals surface area (Å²) in [7, 11) is 1.41. The van der Waals surface area contributed by atoms with Crippen LogP contribution in [0.5, 0.6) is 0 Å². The van der Waals surface area contributed by atoms with Crippen LogP contribution in [-0.2, 0) is 9.59 Å². The van der Waals surface area contributed by atoms with Crippen LogP contribution in [0.4, 0.5) is 0 Å². The van der Waals surface area contributed by atoms with Crippen LogP contribution < -0.4 is 0 Å². The van der Waals surface area contributed by atoms with Crippen LogP contribution in [0.3, 0.4) is 0 Å². The number of rotatable bonds is 2. The third-order valence-electron chi connectivity index (χ3n) is 3.37. The van der Waals surface area contributed by atoms with Gasteiger partial charge in [0.1, 0.15) is 11.6 Å². The van der Waals surface area contributed by atoms with E-state index in [2.05, 4.69) is 10.3 Å². The zero-order valence-electron chi connectivity index (χ0n) is 10.5. The Labute approximate surface area is 112 Å². The molecule has 8 nitrogen and oxygen atoms in total. The van der Waals surface area contributed by atoms with Crippen molar-refractivity contribution >= 4 is 28.8 Å². The van der Waals surface area contributed by atoms with Crippen LogP contribution in [0.2, 0.25) is 0 Å². The molecule has 1 unspecified atom stereocenters. The number of likely N-dealkylation sites (tertiary alicyclic amines) is 1. The number of aromatic nitrogens is 3. The zero-order chi connectivity index (χ0) is 14.4. The first-order chi connectivity index (χ1) is 9.49. The van der Waals surface area contributed by atoms with Gasteiger partial charge in [0.05, 0.1) is 17.5 Å². The molecule has 0 bridgehead atoms.